The summed E-state index contributed by atoms with van der Waals surface area (Å²) < 4.78 is 0. The van der Waals surface area contributed by atoms with Gasteiger partial charge in [0.25, 0.3) is 0 Å². The minimum absolute atomic E-state index is 0.113. The second-order valence-corrected chi connectivity index (χ2v) is 4.36. The molecule has 1 rings (SSSR count). The monoisotopic (exact) mass is 185 g/mol. The average molecular weight is 185 g/mol. The van der Waals surface area contributed by atoms with E-state index in [0.717, 1.165) is 26.0 Å². The molecule has 0 saturated carbocycles. The van der Waals surface area contributed by atoms with Gasteiger partial charge in [-0.05, 0) is 20.8 Å². The topological polar surface area (TPSA) is 44.4 Å². The van der Waals surface area contributed by atoms with Crippen LogP contribution < -0.4 is 10.6 Å². The van der Waals surface area contributed by atoms with Gasteiger partial charge in [0.2, 0.25) is 6.41 Å². The van der Waals surface area contributed by atoms with Gasteiger partial charge in [-0.25, -0.2) is 0 Å². The number of nitrogens with one attached hydrogen (secondary N) is 2. The van der Waals surface area contributed by atoms with E-state index in [9.17, 15) is 4.79 Å². The summed E-state index contributed by atoms with van der Waals surface area (Å²) in [5, 5.41) is 6.57. The smallest absolute Gasteiger partial charge is 0.211 e. The van der Waals surface area contributed by atoms with Crippen molar-refractivity contribution in [1.29, 1.82) is 0 Å². The number of rotatable bonds is 2. The van der Waals surface area contributed by atoms with Crippen molar-refractivity contribution in [3.05, 3.63) is 0 Å². The first-order valence-corrected chi connectivity index (χ1v) is 4.73. The molecule has 0 spiro atoms. The van der Waals surface area contributed by atoms with E-state index in [2.05, 4.69) is 10.6 Å². The number of carbonyl (C=O) groups excluding carboxylic acids is 1. The van der Waals surface area contributed by atoms with E-state index in [-0.39, 0.29) is 11.7 Å². The zero-order valence-electron chi connectivity index (χ0n) is 8.63. The molecule has 76 valence electrons. The molecule has 1 heterocycles. The maximum absolute atomic E-state index is 10.9. The highest BCUT2D eigenvalue weighted by Crippen LogP contribution is 2.13. The van der Waals surface area contributed by atoms with Crippen molar-refractivity contribution >= 4 is 6.41 Å². The van der Waals surface area contributed by atoms with Crippen LogP contribution in [-0.4, -0.2) is 42.6 Å². The molecule has 1 saturated heterocycles. The number of piperazine rings is 1. The van der Waals surface area contributed by atoms with Gasteiger partial charge >= 0.3 is 0 Å². The Balaban J connectivity index is 2.59. The van der Waals surface area contributed by atoms with Crippen LogP contribution in [0.4, 0.5) is 0 Å². The van der Waals surface area contributed by atoms with Crippen LogP contribution in [0, 0.1) is 0 Å². The third kappa shape index (κ3) is 2.67. The molecule has 1 atom stereocenters. The number of hydrogen-bond acceptors (Lipinski definition) is 3. The van der Waals surface area contributed by atoms with E-state index in [1.165, 1.54) is 0 Å². The Kier molecular flexibility index (Phi) is 3.27. The first-order chi connectivity index (χ1) is 6.05. The summed E-state index contributed by atoms with van der Waals surface area (Å²) in [7, 11) is 0. The lowest BCUT2D eigenvalue weighted by atomic mass is 10.1. The number of amides is 1. The second kappa shape index (κ2) is 4.07. The lowest BCUT2D eigenvalue weighted by molar-refractivity contribution is -0.126. The van der Waals surface area contributed by atoms with Gasteiger partial charge in [-0.15, -0.1) is 0 Å². The summed E-state index contributed by atoms with van der Waals surface area (Å²) in [6, 6.07) is 0. The van der Waals surface area contributed by atoms with Gasteiger partial charge in [0.05, 0.1) is 6.17 Å². The molecule has 0 bridgehead atoms. The molecule has 13 heavy (non-hydrogen) atoms. The molecular weight excluding hydrogens is 166 g/mol. The molecule has 1 unspecified atom stereocenters. The van der Waals surface area contributed by atoms with Crippen molar-refractivity contribution in [1.82, 2.24) is 15.5 Å². The van der Waals surface area contributed by atoms with Crippen molar-refractivity contribution in [2.75, 3.05) is 19.6 Å². The van der Waals surface area contributed by atoms with Crippen LogP contribution in [0.5, 0.6) is 0 Å². The SMILES string of the molecule is CC(C)(C)N(C=O)C1CNCCN1. The Morgan fingerprint density at radius 1 is 1.38 bits per heavy atom. The molecular formula is C9H19N3O. The van der Waals surface area contributed by atoms with Gasteiger partial charge in [0, 0.05) is 25.2 Å². The lowest BCUT2D eigenvalue weighted by Gasteiger charge is -2.41. The van der Waals surface area contributed by atoms with E-state index >= 15 is 0 Å². The summed E-state index contributed by atoms with van der Waals surface area (Å²) in [6.45, 7) is 8.85. The highest BCUT2D eigenvalue weighted by Gasteiger charge is 2.27. The molecule has 1 aliphatic heterocycles. The third-order valence-corrected chi connectivity index (χ3v) is 2.24. The highest BCUT2D eigenvalue weighted by atomic mass is 16.1. The van der Waals surface area contributed by atoms with Crippen molar-refractivity contribution in [2.45, 2.75) is 32.5 Å². The Morgan fingerprint density at radius 3 is 2.46 bits per heavy atom. The van der Waals surface area contributed by atoms with Crippen molar-refractivity contribution in [3.8, 4) is 0 Å². The first-order valence-electron chi connectivity index (χ1n) is 4.73. The van der Waals surface area contributed by atoms with Crippen molar-refractivity contribution in [2.24, 2.45) is 0 Å². The summed E-state index contributed by atoms with van der Waals surface area (Å²) in [4.78, 5) is 12.7. The fourth-order valence-electron chi connectivity index (χ4n) is 1.53. The molecule has 0 aromatic rings. The van der Waals surface area contributed by atoms with Crippen LogP contribution in [-0.2, 0) is 4.79 Å². The third-order valence-electron chi connectivity index (χ3n) is 2.24. The fraction of sp³-hybridized carbons (Fsp3) is 0.889. The minimum atomic E-state index is -0.113. The van der Waals surface area contributed by atoms with Crippen LogP contribution in [0.2, 0.25) is 0 Å². The Bertz CT molecular complexity index is 170. The van der Waals surface area contributed by atoms with E-state index in [1.807, 2.05) is 25.7 Å². The largest absolute Gasteiger partial charge is 0.324 e. The lowest BCUT2D eigenvalue weighted by Crippen LogP contribution is -2.61. The summed E-state index contributed by atoms with van der Waals surface area (Å²) in [6.07, 6.45) is 1.05. The Morgan fingerprint density at radius 2 is 2.08 bits per heavy atom. The standard InChI is InChI=1S/C9H19N3O/c1-9(2,3)12(7-13)8-6-10-4-5-11-8/h7-8,10-11H,4-6H2,1-3H3. The zero-order chi connectivity index (χ0) is 9.90. The van der Waals surface area contributed by atoms with E-state index < -0.39 is 0 Å². The first kappa shape index (κ1) is 10.5. The molecule has 0 aromatic heterocycles. The van der Waals surface area contributed by atoms with Gasteiger partial charge in [-0.1, -0.05) is 0 Å². The number of carbonyl (C=O) groups is 1. The Hall–Kier alpha value is -0.610. The molecule has 1 fully saturated rings. The van der Waals surface area contributed by atoms with Gasteiger partial charge in [0.1, 0.15) is 0 Å². The summed E-state index contributed by atoms with van der Waals surface area (Å²) in [5.41, 5.74) is -0.113. The number of hydrogen-bond donors (Lipinski definition) is 2. The van der Waals surface area contributed by atoms with Crippen LogP contribution in [0.3, 0.4) is 0 Å². The van der Waals surface area contributed by atoms with E-state index in [0.29, 0.717) is 0 Å². The number of nitrogens with zero attached hydrogens (tertiary/aromatic N) is 1. The molecule has 1 amide bonds. The van der Waals surface area contributed by atoms with Crippen molar-refractivity contribution in [3.63, 3.8) is 0 Å². The van der Waals surface area contributed by atoms with Gasteiger partial charge in [0.15, 0.2) is 0 Å². The fourth-order valence-corrected chi connectivity index (χ4v) is 1.53. The second-order valence-electron chi connectivity index (χ2n) is 4.36. The van der Waals surface area contributed by atoms with E-state index in [4.69, 9.17) is 0 Å². The van der Waals surface area contributed by atoms with E-state index in [1.54, 1.807) is 0 Å². The summed E-state index contributed by atoms with van der Waals surface area (Å²) in [5.74, 6) is 0. The van der Waals surface area contributed by atoms with Gasteiger partial charge in [-0.2, -0.15) is 0 Å². The average Bonchev–Trinajstić information content (AvgIpc) is 2.05. The van der Waals surface area contributed by atoms with Crippen molar-refractivity contribution < 1.29 is 4.79 Å². The minimum Gasteiger partial charge on any atom is -0.324 e. The predicted molar refractivity (Wildman–Crippen MR) is 52.3 cm³/mol. The molecule has 0 radical (unpaired) electrons. The Labute approximate surface area is 79.7 Å². The van der Waals surface area contributed by atoms with Gasteiger partial charge in [-0.3, -0.25) is 10.1 Å². The summed E-state index contributed by atoms with van der Waals surface area (Å²) >= 11 is 0. The highest BCUT2D eigenvalue weighted by molar-refractivity contribution is 5.49. The molecule has 4 heteroatoms. The molecule has 2 N–H and O–H groups in total. The molecule has 0 aromatic carbocycles. The van der Waals surface area contributed by atoms with Crippen LogP contribution in [0.1, 0.15) is 20.8 Å². The van der Waals surface area contributed by atoms with Crippen LogP contribution >= 0.6 is 0 Å². The predicted octanol–water partition coefficient (Wildman–Crippen LogP) is -0.238. The molecule has 0 aliphatic carbocycles. The van der Waals surface area contributed by atoms with Gasteiger partial charge < -0.3 is 10.2 Å². The quantitative estimate of drug-likeness (QED) is 0.584. The van der Waals surface area contributed by atoms with Crippen LogP contribution in [0.15, 0.2) is 0 Å². The van der Waals surface area contributed by atoms with Crippen LogP contribution in [0.25, 0.3) is 0 Å². The normalized spacial score (nSPS) is 24.1. The zero-order valence-corrected chi connectivity index (χ0v) is 8.63. The maximum atomic E-state index is 10.9. The maximum Gasteiger partial charge on any atom is 0.211 e. The molecule has 4 nitrogen and oxygen atoms in total. The molecule has 1 aliphatic rings.